The molecule has 1 atom stereocenters. The lowest BCUT2D eigenvalue weighted by Gasteiger charge is -2.34. The fourth-order valence-electron chi connectivity index (χ4n) is 2.23. The van der Waals surface area contributed by atoms with Crippen LogP contribution in [-0.2, 0) is 11.8 Å². The highest BCUT2D eigenvalue weighted by Crippen LogP contribution is 2.16. The molecule has 0 spiro atoms. The van der Waals surface area contributed by atoms with Crippen LogP contribution in [-0.4, -0.2) is 54.0 Å². The standard InChI is InChI=1S/C12H17ClN4O2/c1-14-11(18)10-6-15-3-4-17(10)12(19)9-5-8(13)7-16(9)2/h5,7,10,15H,3-4,6H2,1-2H3,(H,14,18). The van der Waals surface area contributed by atoms with E-state index in [1.54, 1.807) is 35.8 Å². The van der Waals surface area contributed by atoms with Crippen LogP contribution in [0.5, 0.6) is 0 Å². The average molecular weight is 285 g/mol. The van der Waals surface area contributed by atoms with Crippen LogP contribution >= 0.6 is 11.6 Å². The lowest BCUT2D eigenvalue weighted by molar-refractivity contribution is -0.125. The molecule has 19 heavy (non-hydrogen) atoms. The Morgan fingerprint density at radius 2 is 2.26 bits per heavy atom. The first kappa shape index (κ1) is 13.9. The van der Waals surface area contributed by atoms with Gasteiger partial charge in [0.1, 0.15) is 11.7 Å². The molecule has 1 aliphatic rings. The Kier molecular flexibility index (Phi) is 4.11. The molecule has 0 radical (unpaired) electrons. The van der Waals surface area contributed by atoms with E-state index in [4.69, 9.17) is 11.6 Å². The minimum absolute atomic E-state index is 0.166. The smallest absolute Gasteiger partial charge is 0.271 e. The van der Waals surface area contributed by atoms with Crippen molar-refractivity contribution >= 4 is 23.4 Å². The molecule has 0 bridgehead atoms. The first-order chi connectivity index (χ1) is 9.04. The molecule has 2 amide bonds. The van der Waals surface area contributed by atoms with E-state index < -0.39 is 6.04 Å². The van der Waals surface area contributed by atoms with Crippen LogP contribution in [0.2, 0.25) is 5.02 Å². The number of likely N-dealkylation sites (N-methyl/N-ethyl adjacent to an activating group) is 1. The molecule has 1 fully saturated rings. The van der Waals surface area contributed by atoms with Gasteiger partial charge < -0.3 is 20.1 Å². The lowest BCUT2D eigenvalue weighted by atomic mass is 10.1. The molecule has 0 aliphatic carbocycles. The number of hydrogen-bond acceptors (Lipinski definition) is 3. The van der Waals surface area contributed by atoms with E-state index in [2.05, 4.69) is 10.6 Å². The van der Waals surface area contributed by atoms with Crippen LogP contribution in [0.25, 0.3) is 0 Å². The highest BCUT2D eigenvalue weighted by molar-refractivity contribution is 6.31. The third-order valence-corrected chi connectivity index (χ3v) is 3.45. The SMILES string of the molecule is CNC(=O)C1CNCCN1C(=O)c1cc(Cl)cn1C. The van der Waals surface area contributed by atoms with Crippen molar-refractivity contribution in [1.29, 1.82) is 0 Å². The largest absolute Gasteiger partial charge is 0.357 e. The molecule has 2 rings (SSSR count). The van der Waals surface area contributed by atoms with Gasteiger partial charge in [0, 0.05) is 39.9 Å². The first-order valence-corrected chi connectivity index (χ1v) is 6.47. The zero-order valence-corrected chi connectivity index (χ0v) is 11.7. The lowest BCUT2D eigenvalue weighted by Crippen LogP contribution is -2.59. The van der Waals surface area contributed by atoms with Crippen molar-refractivity contribution in [3.05, 3.63) is 23.0 Å². The van der Waals surface area contributed by atoms with Crippen molar-refractivity contribution in [2.75, 3.05) is 26.7 Å². The van der Waals surface area contributed by atoms with Crippen molar-refractivity contribution < 1.29 is 9.59 Å². The van der Waals surface area contributed by atoms with Gasteiger partial charge in [0.25, 0.3) is 5.91 Å². The zero-order valence-electron chi connectivity index (χ0n) is 10.9. The number of rotatable bonds is 2. The number of piperazine rings is 1. The second kappa shape index (κ2) is 5.63. The van der Waals surface area contributed by atoms with E-state index in [9.17, 15) is 9.59 Å². The monoisotopic (exact) mass is 284 g/mol. The molecule has 6 nitrogen and oxygen atoms in total. The molecular weight excluding hydrogens is 268 g/mol. The Labute approximate surface area is 116 Å². The number of amides is 2. The number of carbonyl (C=O) groups is 2. The molecule has 1 unspecified atom stereocenters. The molecular formula is C12H17ClN4O2. The van der Waals surface area contributed by atoms with Crippen LogP contribution in [0.4, 0.5) is 0 Å². The Morgan fingerprint density at radius 3 is 2.84 bits per heavy atom. The Bertz CT molecular complexity index is 500. The minimum Gasteiger partial charge on any atom is -0.357 e. The maximum atomic E-state index is 12.5. The average Bonchev–Trinajstić information content (AvgIpc) is 2.76. The summed E-state index contributed by atoms with van der Waals surface area (Å²) in [5.41, 5.74) is 0.487. The molecule has 1 aromatic heterocycles. The van der Waals surface area contributed by atoms with Crippen LogP contribution in [0.1, 0.15) is 10.5 Å². The van der Waals surface area contributed by atoms with E-state index in [0.717, 1.165) is 0 Å². The summed E-state index contributed by atoms with van der Waals surface area (Å²) in [5, 5.41) is 6.22. The quantitative estimate of drug-likeness (QED) is 0.793. The van der Waals surface area contributed by atoms with E-state index in [1.807, 2.05) is 0 Å². The van der Waals surface area contributed by atoms with Crippen molar-refractivity contribution in [2.24, 2.45) is 7.05 Å². The van der Waals surface area contributed by atoms with Crippen molar-refractivity contribution in [3.63, 3.8) is 0 Å². The second-order valence-electron chi connectivity index (χ2n) is 4.49. The molecule has 2 heterocycles. The van der Waals surface area contributed by atoms with E-state index in [0.29, 0.717) is 30.4 Å². The molecule has 2 N–H and O–H groups in total. The second-order valence-corrected chi connectivity index (χ2v) is 4.92. The van der Waals surface area contributed by atoms with E-state index >= 15 is 0 Å². The number of nitrogens with one attached hydrogen (secondary N) is 2. The van der Waals surface area contributed by atoms with E-state index in [1.165, 1.54) is 0 Å². The molecule has 1 aliphatic heterocycles. The van der Waals surface area contributed by atoms with Crippen LogP contribution in [0.15, 0.2) is 12.3 Å². The maximum absolute atomic E-state index is 12.5. The van der Waals surface area contributed by atoms with Crippen molar-refractivity contribution in [3.8, 4) is 0 Å². The van der Waals surface area contributed by atoms with Gasteiger partial charge in [-0.25, -0.2) is 0 Å². The van der Waals surface area contributed by atoms with Gasteiger partial charge in [0.05, 0.1) is 5.02 Å². The topological polar surface area (TPSA) is 66.4 Å². The Balaban J connectivity index is 2.25. The summed E-state index contributed by atoms with van der Waals surface area (Å²) >= 11 is 5.89. The van der Waals surface area contributed by atoms with Gasteiger partial charge in [-0.2, -0.15) is 0 Å². The summed E-state index contributed by atoms with van der Waals surface area (Å²) in [4.78, 5) is 25.9. The molecule has 7 heteroatoms. The maximum Gasteiger partial charge on any atom is 0.271 e. The Morgan fingerprint density at radius 1 is 1.53 bits per heavy atom. The third kappa shape index (κ3) is 2.74. The van der Waals surface area contributed by atoms with Gasteiger partial charge in [-0.1, -0.05) is 11.6 Å². The van der Waals surface area contributed by atoms with Gasteiger partial charge in [-0.05, 0) is 6.07 Å². The van der Waals surface area contributed by atoms with Crippen molar-refractivity contribution in [1.82, 2.24) is 20.1 Å². The fraction of sp³-hybridized carbons (Fsp3) is 0.500. The van der Waals surface area contributed by atoms with Gasteiger partial charge in [-0.3, -0.25) is 9.59 Å². The third-order valence-electron chi connectivity index (χ3n) is 3.24. The highest BCUT2D eigenvalue weighted by Gasteiger charge is 2.33. The summed E-state index contributed by atoms with van der Waals surface area (Å²) in [5.74, 6) is -0.342. The highest BCUT2D eigenvalue weighted by atomic mass is 35.5. The summed E-state index contributed by atoms with van der Waals surface area (Å²) < 4.78 is 1.67. The number of carbonyl (C=O) groups excluding carboxylic acids is 2. The fourth-order valence-corrected chi connectivity index (χ4v) is 2.48. The van der Waals surface area contributed by atoms with Crippen LogP contribution in [0, 0.1) is 0 Å². The number of nitrogens with zero attached hydrogens (tertiary/aromatic N) is 2. The summed E-state index contributed by atoms with van der Waals surface area (Å²) in [6.07, 6.45) is 1.67. The summed E-state index contributed by atoms with van der Waals surface area (Å²) in [6, 6.07) is 1.13. The number of hydrogen-bond donors (Lipinski definition) is 2. The summed E-state index contributed by atoms with van der Waals surface area (Å²) in [7, 11) is 3.33. The minimum atomic E-state index is -0.486. The summed E-state index contributed by atoms with van der Waals surface area (Å²) in [6.45, 7) is 1.64. The van der Waals surface area contributed by atoms with Gasteiger partial charge >= 0.3 is 0 Å². The van der Waals surface area contributed by atoms with Crippen molar-refractivity contribution in [2.45, 2.75) is 6.04 Å². The number of halogens is 1. The van der Waals surface area contributed by atoms with Crippen LogP contribution < -0.4 is 10.6 Å². The van der Waals surface area contributed by atoms with Gasteiger partial charge in [0.15, 0.2) is 0 Å². The number of aryl methyl sites for hydroxylation is 1. The predicted molar refractivity (Wildman–Crippen MR) is 72.2 cm³/mol. The molecule has 104 valence electrons. The van der Waals surface area contributed by atoms with Crippen LogP contribution in [0.3, 0.4) is 0 Å². The zero-order chi connectivity index (χ0) is 14.0. The molecule has 1 aromatic rings. The molecule has 0 saturated carbocycles. The predicted octanol–water partition coefficient (Wildman–Crippen LogP) is -0.161. The molecule has 0 aromatic carbocycles. The van der Waals surface area contributed by atoms with E-state index in [-0.39, 0.29) is 11.8 Å². The van der Waals surface area contributed by atoms with Gasteiger partial charge in [0.2, 0.25) is 5.91 Å². The normalized spacial score (nSPS) is 19.3. The Hall–Kier alpha value is -1.53. The number of aromatic nitrogens is 1. The first-order valence-electron chi connectivity index (χ1n) is 6.09. The molecule has 1 saturated heterocycles. The van der Waals surface area contributed by atoms with Gasteiger partial charge in [-0.15, -0.1) is 0 Å².